The first-order chi connectivity index (χ1) is 14.2. The van der Waals surface area contributed by atoms with Crippen molar-refractivity contribution in [2.75, 3.05) is 33.4 Å². The lowest BCUT2D eigenvalue weighted by atomic mass is 9.72. The Kier molecular flexibility index (Phi) is 7.53. The van der Waals surface area contributed by atoms with Gasteiger partial charge in [0.05, 0.1) is 13.7 Å². The highest BCUT2D eigenvalue weighted by molar-refractivity contribution is 5.80. The molecule has 0 saturated carbocycles. The fourth-order valence-corrected chi connectivity index (χ4v) is 4.06. The third kappa shape index (κ3) is 5.30. The largest absolute Gasteiger partial charge is 0.496 e. The maximum absolute atomic E-state index is 5.68. The molecule has 5 nitrogen and oxygen atoms in total. The van der Waals surface area contributed by atoms with E-state index in [1.54, 1.807) is 7.11 Å². The standard InChI is InChI=1S/C24H33N3O2/c1-4-25-23(26-17-20-10-6-8-12-22(20)28-3)27-18-24(13-15-29-16-14-24)21-11-7-5-9-19(21)2/h5-12H,4,13-18H2,1-3H3,(H2,25,26,27). The van der Waals surface area contributed by atoms with Crippen molar-refractivity contribution in [2.24, 2.45) is 4.99 Å². The zero-order valence-corrected chi connectivity index (χ0v) is 17.8. The van der Waals surface area contributed by atoms with E-state index in [9.17, 15) is 0 Å². The zero-order chi connectivity index (χ0) is 20.5. The van der Waals surface area contributed by atoms with Crippen LogP contribution in [0.1, 0.15) is 36.5 Å². The summed E-state index contributed by atoms with van der Waals surface area (Å²) >= 11 is 0. The number of para-hydroxylation sites is 1. The summed E-state index contributed by atoms with van der Waals surface area (Å²) in [5.41, 5.74) is 3.89. The predicted octanol–water partition coefficient (Wildman–Crippen LogP) is 3.81. The summed E-state index contributed by atoms with van der Waals surface area (Å²) in [7, 11) is 1.70. The van der Waals surface area contributed by atoms with Crippen molar-refractivity contribution in [1.29, 1.82) is 0 Å². The van der Waals surface area contributed by atoms with Crippen molar-refractivity contribution in [3.8, 4) is 5.75 Å². The first-order valence-corrected chi connectivity index (χ1v) is 10.5. The van der Waals surface area contributed by atoms with Gasteiger partial charge < -0.3 is 20.1 Å². The molecule has 156 valence electrons. The molecule has 0 aromatic heterocycles. The molecule has 29 heavy (non-hydrogen) atoms. The summed E-state index contributed by atoms with van der Waals surface area (Å²) < 4.78 is 11.1. The van der Waals surface area contributed by atoms with Crippen molar-refractivity contribution < 1.29 is 9.47 Å². The maximum Gasteiger partial charge on any atom is 0.191 e. The lowest BCUT2D eigenvalue weighted by Gasteiger charge is -2.39. The van der Waals surface area contributed by atoms with Crippen LogP contribution in [0.3, 0.4) is 0 Å². The van der Waals surface area contributed by atoms with E-state index >= 15 is 0 Å². The van der Waals surface area contributed by atoms with Gasteiger partial charge in [-0.1, -0.05) is 42.5 Å². The van der Waals surface area contributed by atoms with E-state index in [0.717, 1.165) is 56.4 Å². The van der Waals surface area contributed by atoms with Crippen LogP contribution in [-0.2, 0) is 16.7 Å². The lowest BCUT2D eigenvalue weighted by molar-refractivity contribution is 0.0512. The second-order valence-electron chi connectivity index (χ2n) is 7.57. The van der Waals surface area contributed by atoms with Crippen molar-refractivity contribution in [3.05, 3.63) is 65.2 Å². The first-order valence-electron chi connectivity index (χ1n) is 10.5. The van der Waals surface area contributed by atoms with Gasteiger partial charge in [0.1, 0.15) is 5.75 Å². The van der Waals surface area contributed by atoms with Crippen LogP contribution in [0, 0.1) is 6.92 Å². The Balaban J connectivity index is 1.77. The molecule has 0 spiro atoms. The number of hydrogen-bond acceptors (Lipinski definition) is 3. The monoisotopic (exact) mass is 395 g/mol. The van der Waals surface area contributed by atoms with Gasteiger partial charge in [-0.05, 0) is 43.9 Å². The molecule has 0 atom stereocenters. The number of ether oxygens (including phenoxy) is 2. The van der Waals surface area contributed by atoms with Gasteiger partial charge in [-0.15, -0.1) is 0 Å². The molecule has 1 saturated heterocycles. The van der Waals surface area contributed by atoms with Crippen LogP contribution in [0.25, 0.3) is 0 Å². The normalized spacial score (nSPS) is 16.3. The number of hydrogen-bond donors (Lipinski definition) is 2. The highest BCUT2D eigenvalue weighted by Gasteiger charge is 2.35. The van der Waals surface area contributed by atoms with Crippen molar-refractivity contribution in [1.82, 2.24) is 10.6 Å². The molecule has 0 radical (unpaired) electrons. The maximum atomic E-state index is 5.68. The third-order valence-corrected chi connectivity index (χ3v) is 5.70. The molecule has 0 amide bonds. The van der Waals surface area contributed by atoms with Crippen molar-refractivity contribution in [2.45, 2.75) is 38.6 Å². The van der Waals surface area contributed by atoms with Crippen molar-refractivity contribution >= 4 is 5.96 Å². The zero-order valence-electron chi connectivity index (χ0n) is 17.8. The molecule has 5 heteroatoms. The molecule has 2 N–H and O–H groups in total. The fraction of sp³-hybridized carbons (Fsp3) is 0.458. The quantitative estimate of drug-likeness (QED) is 0.553. The summed E-state index contributed by atoms with van der Waals surface area (Å²) in [4.78, 5) is 4.81. The Morgan fingerprint density at radius 3 is 2.52 bits per heavy atom. The second-order valence-corrected chi connectivity index (χ2v) is 7.57. The molecule has 0 unspecified atom stereocenters. The highest BCUT2D eigenvalue weighted by Crippen LogP contribution is 2.36. The van der Waals surface area contributed by atoms with Gasteiger partial charge in [0, 0.05) is 37.3 Å². The van der Waals surface area contributed by atoms with E-state index in [1.807, 2.05) is 18.2 Å². The Morgan fingerprint density at radius 1 is 1.07 bits per heavy atom. The minimum atomic E-state index is 0.0597. The van der Waals surface area contributed by atoms with E-state index in [4.69, 9.17) is 14.5 Å². The fourth-order valence-electron chi connectivity index (χ4n) is 4.06. The summed E-state index contributed by atoms with van der Waals surface area (Å²) in [5.74, 6) is 1.70. The van der Waals surface area contributed by atoms with Gasteiger partial charge >= 0.3 is 0 Å². The minimum Gasteiger partial charge on any atom is -0.496 e. The SMILES string of the molecule is CCNC(=NCc1ccccc1OC)NCC1(c2ccccc2C)CCOCC1. The van der Waals surface area contributed by atoms with Gasteiger partial charge in [-0.2, -0.15) is 0 Å². The summed E-state index contributed by atoms with van der Waals surface area (Å²) in [6.07, 6.45) is 2.02. The van der Waals surface area contributed by atoms with Crippen LogP contribution in [-0.4, -0.2) is 39.4 Å². The number of nitrogens with one attached hydrogen (secondary N) is 2. The lowest BCUT2D eigenvalue weighted by Crippen LogP contribution is -2.48. The summed E-state index contributed by atoms with van der Waals surface area (Å²) in [5, 5.41) is 6.99. The number of methoxy groups -OCH3 is 1. The third-order valence-electron chi connectivity index (χ3n) is 5.70. The van der Waals surface area contributed by atoms with Gasteiger partial charge in [-0.25, -0.2) is 4.99 Å². The number of nitrogens with zero attached hydrogens (tertiary/aromatic N) is 1. The Labute approximate surface area is 174 Å². The van der Waals surface area contributed by atoms with E-state index in [2.05, 4.69) is 54.8 Å². The smallest absolute Gasteiger partial charge is 0.191 e. The molecule has 0 aliphatic carbocycles. The molecule has 2 aromatic rings. The molecular weight excluding hydrogens is 362 g/mol. The molecule has 1 heterocycles. The Morgan fingerprint density at radius 2 is 1.79 bits per heavy atom. The first kappa shape index (κ1) is 21.2. The van der Waals surface area contributed by atoms with Crippen LogP contribution in [0.2, 0.25) is 0 Å². The van der Waals surface area contributed by atoms with E-state index in [1.165, 1.54) is 11.1 Å². The van der Waals surface area contributed by atoms with E-state index < -0.39 is 0 Å². The number of benzene rings is 2. The molecule has 0 bridgehead atoms. The average molecular weight is 396 g/mol. The minimum absolute atomic E-state index is 0.0597. The second kappa shape index (κ2) is 10.3. The average Bonchev–Trinajstić information content (AvgIpc) is 2.77. The van der Waals surface area contributed by atoms with Crippen molar-refractivity contribution in [3.63, 3.8) is 0 Å². The summed E-state index contributed by atoms with van der Waals surface area (Å²) in [6.45, 7) is 8.10. The summed E-state index contributed by atoms with van der Waals surface area (Å²) in [6, 6.07) is 16.7. The Hall–Kier alpha value is -2.53. The van der Waals surface area contributed by atoms with E-state index in [-0.39, 0.29) is 5.41 Å². The highest BCUT2D eigenvalue weighted by atomic mass is 16.5. The number of guanidine groups is 1. The number of aryl methyl sites for hydroxylation is 1. The molecule has 1 fully saturated rings. The van der Waals surface area contributed by atoms with Crippen LogP contribution in [0.4, 0.5) is 0 Å². The van der Waals surface area contributed by atoms with Gasteiger partial charge in [0.25, 0.3) is 0 Å². The molecule has 1 aliphatic rings. The number of aliphatic imine (C=N–C) groups is 1. The Bertz CT molecular complexity index is 813. The van der Waals surface area contributed by atoms with Gasteiger partial charge in [0.2, 0.25) is 0 Å². The molecular formula is C24H33N3O2. The van der Waals surface area contributed by atoms with E-state index in [0.29, 0.717) is 6.54 Å². The van der Waals surface area contributed by atoms with Gasteiger partial charge in [-0.3, -0.25) is 0 Å². The topological polar surface area (TPSA) is 54.9 Å². The van der Waals surface area contributed by atoms with Crippen LogP contribution in [0.15, 0.2) is 53.5 Å². The predicted molar refractivity (Wildman–Crippen MR) is 119 cm³/mol. The van der Waals surface area contributed by atoms with Crippen LogP contribution < -0.4 is 15.4 Å². The van der Waals surface area contributed by atoms with Gasteiger partial charge in [0.15, 0.2) is 5.96 Å². The van der Waals surface area contributed by atoms with Crippen LogP contribution in [0.5, 0.6) is 5.75 Å². The van der Waals surface area contributed by atoms with Crippen LogP contribution >= 0.6 is 0 Å². The molecule has 3 rings (SSSR count). The molecule has 2 aromatic carbocycles. The number of rotatable bonds is 7. The molecule has 1 aliphatic heterocycles.